The molecule has 2 aliphatic heterocycles. The van der Waals surface area contributed by atoms with Crippen LogP contribution in [0, 0.1) is 5.92 Å². The van der Waals surface area contributed by atoms with Crippen molar-refractivity contribution in [1.82, 2.24) is 20.4 Å². The van der Waals surface area contributed by atoms with Crippen LogP contribution in [0.2, 0.25) is 0 Å². The van der Waals surface area contributed by atoms with E-state index in [1.807, 2.05) is 0 Å². The standard InChI is InChI=1S/C22H41N5O/c1-4-23-22(24-15-18(3)27-13-8-7-9-17(27)2)25-20-12-14-26(16-20)21(28)19-10-5-6-11-19/h17-20H,4-16H2,1-3H3,(H2,23,24,25). The number of aliphatic imine (C=N–C) groups is 1. The summed E-state index contributed by atoms with van der Waals surface area (Å²) in [5.74, 6) is 1.57. The van der Waals surface area contributed by atoms with Gasteiger partial charge in [-0.1, -0.05) is 19.3 Å². The van der Waals surface area contributed by atoms with E-state index in [2.05, 4.69) is 41.2 Å². The van der Waals surface area contributed by atoms with Crippen molar-refractivity contribution in [1.29, 1.82) is 0 Å². The number of hydrogen-bond acceptors (Lipinski definition) is 3. The van der Waals surface area contributed by atoms with Crippen LogP contribution in [0.25, 0.3) is 0 Å². The van der Waals surface area contributed by atoms with Gasteiger partial charge in [0.2, 0.25) is 5.91 Å². The number of likely N-dealkylation sites (tertiary alicyclic amines) is 2. The molecule has 3 atom stereocenters. The first-order chi connectivity index (χ1) is 13.6. The maximum Gasteiger partial charge on any atom is 0.225 e. The minimum absolute atomic E-state index is 0.285. The third kappa shape index (κ3) is 5.62. The molecule has 0 radical (unpaired) electrons. The lowest BCUT2D eigenvalue weighted by Crippen LogP contribution is -2.47. The molecule has 0 aromatic carbocycles. The fraction of sp³-hybridized carbons (Fsp3) is 0.909. The summed E-state index contributed by atoms with van der Waals surface area (Å²) in [5, 5.41) is 6.98. The van der Waals surface area contributed by atoms with Crippen LogP contribution in [-0.4, -0.2) is 72.5 Å². The average molecular weight is 392 g/mol. The largest absolute Gasteiger partial charge is 0.357 e. The Kier molecular flexibility index (Phi) is 8.00. The summed E-state index contributed by atoms with van der Waals surface area (Å²) in [6.07, 6.45) is 9.60. The van der Waals surface area contributed by atoms with Crippen LogP contribution >= 0.6 is 0 Å². The number of nitrogens with zero attached hydrogens (tertiary/aromatic N) is 3. The molecule has 6 heteroatoms. The van der Waals surface area contributed by atoms with E-state index in [1.165, 1.54) is 38.6 Å². The number of amides is 1. The van der Waals surface area contributed by atoms with E-state index in [1.54, 1.807) is 0 Å². The van der Waals surface area contributed by atoms with Crippen LogP contribution in [0.3, 0.4) is 0 Å². The molecule has 3 unspecified atom stereocenters. The minimum atomic E-state index is 0.285. The molecule has 3 rings (SSSR count). The lowest BCUT2D eigenvalue weighted by atomic mass is 10.0. The van der Waals surface area contributed by atoms with E-state index in [0.717, 1.165) is 51.4 Å². The smallest absolute Gasteiger partial charge is 0.225 e. The van der Waals surface area contributed by atoms with Gasteiger partial charge >= 0.3 is 0 Å². The van der Waals surface area contributed by atoms with Crippen molar-refractivity contribution >= 4 is 11.9 Å². The molecule has 0 bridgehead atoms. The summed E-state index contributed by atoms with van der Waals surface area (Å²) in [6, 6.07) is 1.45. The third-order valence-corrected chi connectivity index (χ3v) is 6.82. The molecule has 0 aromatic heterocycles. The van der Waals surface area contributed by atoms with Crippen LogP contribution in [0.1, 0.15) is 72.1 Å². The zero-order valence-electron chi connectivity index (χ0n) is 18.3. The van der Waals surface area contributed by atoms with E-state index >= 15 is 0 Å². The number of nitrogens with one attached hydrogen (secondary N) is 2. The number of carbonyl (C=O) groups excluding carboxylic acids is 1. The molecule has 1 aliphatic carbocycles. The molecule has 160 valence electrons. The first-order valence-corrected chi connectivity index (χ1v) is 11.7. The maximum atomic E-state index is 12.7. The molecular weight excluding hydrogens is 350 g/mol. The highest BCUT2D eigenvalue weighted by molar-refractivity contribution is 5.81. The van der Waals surface area contributed by atoms with Crippen LogP contribution in [0.4, 0.5) is 0 Å². The average Bonchev–Trinajstić information content (AvgIpc) is 3.38. The fourth-order valence-electron chi connectivity index (χ4n) is 5.13. The Balaban J connectivity index is 1.49. The Morgan fingerprint density at radius 1 is 1.11 bits per heavy atom. The van der Waals surface area contributed by atoms with Crippen molar-refractivity contribution in [3.8, 4) is 0 Å². The van der Waals surface area contributed by atoms with Gasteiger partial charge in [0.15, 0.2) is 5.96 Å². The highest BCUT2D eigenvalue weighted by atomic mass is 16.2. The molecule has 2 N–H and O–H groups in total. The second kappa shape index (κ2) is 10.5. The quantitative estimate of drug-likeness (QED) is 0.540. The highest BCUT2D eigenvalue weighted by Gasteiger charge is 2.32. The van der Waals surface area contributed by atoms with Gasteiger partial charge in [0.05, 0.1) is 6.54 Å². The topological polar surface area (TPSA) is 60.0 Å². The first-order valence-electron chi connectivity index (χ1n) is 11.7. The highest BCUT2D eigenvalue weighted by Crippen LogP contribution is 2.27. The van der Waals surface area contributed by atoms with Crippen molar-refractivity contribution in [2.24, 2.45) is 10.9 Å². The molecule has 1 saturated carbocycles. The molecular formula is C22H41N5O. The van der Waals surface area contributed by atoms with Gasteiger partial charge in [0.25, 0.3) is 0 Å². The summed E-state index contributed by atoms with van der Waals surface area (Å²) in [7, 11) is 0. The molecule has 2 saturated heterocycles. The summed E-state index contributed by atoms with van der Waals surface area (Å²) in [4.78, 5) is 22.2. The molecule has 1 amide bonds. The van der Waals surface area contributed by atoms with Crippen molar-refractivity contribution < 1.29 is 4.79 Å². The predicted octanol–water partition coefficient (Wildman–Crippen LogP) is 2.60. The van der Waals surface area contributed by atoms with Gasteiger partial charge in [0.1, 0.15) is 0 Å². The van der Waals surface area contributed by atoms with Gasteiger partial charge in [0, 0.05) is 43.7 Å². The lowest BCUT2D eigenvalue weighted by molar-refractivity contribution is -0.134. The first kappa shape index (κ1) is 21.4. The Hall–Kier alpha value is -1.30. The predicted molar refractivity (Wildman–Crippen MR) is 116 cm³/mol. The number of rotatable bonds is 6. The number of carbonyl (C=O) groups is 1. The Labute approximate surface area is 171 Å². The van der Waals surface area contributed by atoms with E-state index in [0.29, 0.717) is 24.0 Å². The van der Waals surface area contributed by atoms with Gasteiger partial charge < -0.3 is 15.5 Å². The molecule has 0 aromatic rings. The van der Waals surface area contributed by atoms with Crippen molar-refractivity contribution in [2.45, 2.75) is 90.3 Å². The molecule has 2 heterocycles. The third-order valence-electron chi connectivity index (χ3n) is 6.82. The second-order valence-corrected chi connectivity index (χ2v) is 9.05. The Morgan fingerprint density at radius 2 is 1.86 bits per heavy atom. The fourth-order valence-corrected chi connectivity index (χ4v) is 5.13. The van der Waals surface area contributed by atoms with Crippen LogP contribution < -0.4 is 10.6 Å². The zero-order valence-corrected chi connectivity index (χ0v) is 18.3. The van der Waals surface area contributed by atoms with Crippen LogP contribution in [-0.2, 0) is 4.79 Å². The molecule has 3 fully saturated rings. The van der Waals surface area contributed by atoms with Gasteiger partial charge in [-0.25, -0.2) is 0 Å². The maximum absolute atomic E-state index is 12.7. The van der Waals surface area contributed by atoms with Crippen molar-refractivity contribution in [3.63, 3.8) is 0 Å². The van der Waals surface area contributed by atoms with E-state index in [-0.39, 0.29) is 5.92 Å². The SMILES string of the molecule is CCNC(=NCC(C)N1CCCCC1C)NC1CCN(C(=O)C2CCCC2)C1. The summed E-state index contributed by atoms with van der Waals surface area (Å²) >= 11 is 0. The number of guanidine groups is 1. The van der Waals surface area contributed by atoms with Crippen LogP contribution in [0.15, 0.2) is 4.99 Å². The summed E-state index contributed by atoms with van der Waals surface area (Å²) in [6.45, 7) is 11.3. The van der Waals surface area contributed by atoms with Crippen molar-refractivity contribution in [2.75, 3.05) is 32.7 Å². The minimum Gasteiger partial charge on any atom is -0.357 e. The second-order valence-electron chi connectivity index (χ2n) is 9.05. The van der Waals surface area contributed by atoms with Crippen molar-refractivity contribution in [3.05, 3.63) is 0 Å². The number of hydrogen-bond donors (Lipinski definition) is 2. The van der Waals surface area contributed by atoms with E-state index in [4.69, 9.17) is 4.99 Å². The normalized spacial score (nSPS) is 28.5. The molecule has 0 spiro atoms. The summed E-state index contributed by atoms with van der Waals surface area (Å²) in [5.41, 5.74) is 0. The monoisotopic (exact) mass is 391 g/mol. The molecule has 6 nitrogen and oxygen atoms in total. The lowest BCUT2D eigenvalue weighted by Gasteiger charge is -2.37. The Morgan fingerprint density at radius 3 is 2.57 bits per heavy atom. The van der Waals surface area contributed by atoms with E-state index < -0.39 is 0 Å². The molecule has 3 aliphatic rings. The van der Waals surface area contributed by atoms with E-state index in [9.17, 15) is 4.79 Å². The number of piperidine rings is 1. The molecule has 28 heavy (non-hydrogen) atoms. The van der Waals surface area contributed by atoms with Gasteiger partial charge in [-0.05, 0) is 59.4 Å². The van der Waals surface area contributed by atoms with Gasteiger partial charge in [-0.2, -0.15) is 0 Å². The Bertz CT molecular complexity index is 531. The summed E-state index contributed by atoms with van der Waals surface area (Å²) < 4.78 is 0. The van der Waals surface area contributed by atoms with Gasteiger partial charge in [-0.15, -0.1) is 0 Å². The van der Waals surface area contributed by atoms with Crippen LogP contribution in [0.5, 0.6) is 0 Å². The van der Waals surface area contributed by atoms with Gasteiger partial charge in [-0.3, -0.25) is 14.7 Å². The zero-order chi connectivity index (χ0) is 19.9.